The van der Waals surface area contributed by atoms with Gasteiger partial charge in [0.1, 0.15) is 12.4 Å². The van der Waals surface area contributed by atoms with E-state index >= 15 is 0 Å². The van der Waals surface area contributed by atoms with Crippen LogP contribution in [0.3, 0.4) is 0 Å². The molecule has 12 heteroatoms. The Hall–Kier alpha value is -3.46. The molecule has 1 atom stereocenters. The molecule has 2 aromatic carbocycles. The summed E-state index contributed by atoms with van der Waals surface area (Å²) in [7, 11) is -4.64. The molecule has 0 aliphatic carbocycles. The maximum Gasteiger partial charge on any atom is 0.416 e. The highest BCUT2D eigenvalue weighted by atomic mass is 32.2. The Kier molecular flexibility index (Phi) is 7.93. The fourth-order valence-electron chi connectivity index (χ4n) is 2.76. The van der Waals surface area contributed by atoms with Crippen LogP contribution < -0.4 is 10.6 Å². The topological polar surface area (TPSA) is 116 Å². The van der Waals surface area contributed by atoms with E-state index in [0.29, 0.717) is 12.1 Å². The maximum atomic E-state index is 13.3. The standard InChI is InChI=1S/C20H17F4N3O4S/c21-15-7-6-14(16(10-15)20(22,23)24)12-32(30,31)17(19(29)26-9-8-25)11-27-18(28)13-4-2-1-3-5-13/h1-7,10,17H,9,11-12H2,(H,26,29)(H,27,28). The SMILES string of the molecule is N#CCNC(=O)C(CNC(=O)c1ccccc1)S(=O)(=O)Cc1ccc(F)cc1C(F)(F)F. The summed E-state index contributed by atoms with van der Waals surface area (Å²) < 4.78 is 78.8. The molecular weight excluding hydrogens is 454 g/mol. The van der Waals surface area contributed by atoms with Crippen LogP contribution in [0.2, 0.25) is 0 Å². The van der Waals surface area contributed by atoms with Gasteiger partial charge in [-0.15, -0.1) is 0 Å². The molecule has 0 saturated carbocycles. The first-order valence-electron chi connectivity index (χ1n) is 9.01. The van der Waals surface area contributed by atoms with Gasteiger partial charge in [-0.3, -0.25) is 9.59 Å². The molecule has 32 heavy (non-hydrogen) atoms. The first-order valence-corrected chi connectivity index (χ1v) is 10.7. The number of sulfone groups is 1. The molecule has 170 valence electrons. The van der Waals surface area contributed by atoms with Crippen LogP contribution in [-0.4, -0.2) is 38.6 Å². The van der Waals surface area contributed by atoms with Gasteiger partial charge in [-0.2, -0.15) is 18.4 Å². The van der Waals surface area contributed by atoms with E-state index in [-0.39, 0.29) is 11.6 Å². The minimum absolute atomic E-state index is 0.160. The number of benzene rings is 2. The minimum atomic E-state index is -5.03. The molecule has 0 aromatic heterocycles. The molecule has 7 nitrogen and oxygen atoms in total. The highest BCUT2D eigenvalue weighted by Gasteiger charge is 2.38. The molecule has 0 spiro atoms. The van der Waals surface area contributed by atoms with Crippen LogP contribution in [0, 0.1) is 17.1 Å². The zero-order valence-electron chi connectivity index (χ0n) is 16.3. The van der Waals surface area contributed by atoms with Crippen molar-refractivity contribution in [1.82, 2.24) is 10.6 Å². The lowest BCUT2D eigenvalue weighted by molar-refractivity contribution is -0.138. The second-order valence-electron chi connectivity index (χ2n) is 6.55. The predicted molar refractivity (Wildman–Crippen MR) is 105 cm³/mol. The number of amides is 2. The number of hydrogen-bond donors (Lipinski definition) is 2. The van der Waals surface area contributed by atoms with Crippen LogP contribution in [-0.2, 0) is 26.6 Å². The number of carbonyl (C=O) groups is 2. The van der Waals surface area contributed by atoms with E-state index < -0.39 is 68.9 Å². The normalized spacial score (nSPS) is 12.5. The smallest absolute Gasteiger partial charge is 0.350 e. The molecule has 2 aromatic rings. The Morgan fingerprint density at radius 2 is 1.72 bits per heavy atom. The number of halogens is 4. The predicted octanol–water partition coefficient (Wildman–Crippen LogP) is 2.20. The van der Waals surface area contributed by atoms with Gasteiger partial charge in [0.2, 0.25) is 5.91 Å². The molecule has 1 unspecified atom stereocenters. The summed E-state index contributed by atoms with van der Waals surface area (Å²) in [5.74, 6) is -4.34. The van der Waals surface area contributed by atoms with Crippen LogP contribution in [0.15, 0.2) is 48.5 Å². The lowest BCUT2D eigenvalue weighted by Gasteiger charge is -2.19. The van der Waals surface area contributed by atoms with E-state index in [1.165, 1.54) is 12.1 Å². The van der Waals surface area contributed by atoms with Gasteiger partial charge in [0.25, 0.3) is 5.91 Å². The fourth-order valence-corrected chi connectivity index (χ4v) is 4.39. The van der Waals surface area contributed by atoms with E-state index in [1.54, 1.807) is 24.3 Å². The quantitative estimate of drug-likeness (QED) is 0.452. The molecule has 2 amide bonds. The van der Waals surface area contributed by atoms with Crippen LogP contribution in [0.1, 0.15) is 21.5 Å². The number of alkyl halides is 3. The van der Waals surface area contributed by atoms with Gasteiger partial charge in [-0.1, -0.05) is 24.3 Å². The molecule has 0 radical (unpaired) electrons. The van der Waals surface area contributed by atoms with Gasteiger partial charge >= 0.3 is 6.18 Å². The van der Waals surface area contributed by atoms with Crippen molar-refractivity contribution in [2.45, 2.75) is 17.2 Å². The fraction of sp³-hybridized carbons (Fsp3) is 0.250. The van der Waals surface area contributed by atoms with Gasteiger partial charge in [-0.25, -0.2) is 12.8 Å². The van der Waals surface area contributed by atoms with Gasteiger partial charge < -0.3 is 10.6 Å². The maximum absolute atomic E-state index is 13.3. The van der Waals surface area contributed by atoms with Crippen LogP contribution in [0.5, 0.6) is 0 Å². The van der Waals surface area contributed by atoms with Crippen LogP contribution >= 0.6 is 0 Å². The summed E-state index contributed by atoms with van der Waals surface area (Å²) in [4.78, 5) is 24.6. The van der Waals surface area contributed by atoms with E-state index in [4.69, 9.17) is 5.26 Å². The highest BCUT2D eigenvalue weighted by molar-refractivity contribution is 7.92. The summed E-state index contributed by atoms with van der Waals surface area (Å²) in [6, 6.07) is 10.7. The molecule has 2 N–H and O–H groups in total. The molecule has 0 saturated heterocycles. The molecule has 0 fully saturated rings. The van der Waals surface area contributed by atoms with Crippen molar-refractivity contribution < 1.29 is 35.6 Å². The summed E-state index contributed by atoms with van der Waals surface area (Å²) in [6.07, 6.45) is -5.03. The lowest BCUT2D eigenvalue weighted by Crippen LogP contribution is -2.47. The monoisotopic (exact) mass is 471 g/mol. The molecule has 0 heterocycles. The average Bonchev–Trinajstić information content (AvgIpc) is 2.73. The zero-order valence-corrected chi connectivity index (χ0v) is 17.1. The Morgan fingerprint density at radius 1 is 1.06 bits per heavy atom. The third-order valence-corrected chi connectivity index (χ3v) is 6.25. The van der Waals surface area contributed by atoms with Crippen molar-refractivity contribution in [3.05, 3.63) is 71.0 Å². The van der Waals surface area contributed by atoms with Crippen LogP contribution in [0.25, 0.3) is 0 Å². The number of nitrogens with one attached hydrogen (secondary N) is 2. The minimum Gasteiger partial charge on any atom is -0.350 e. The summed E-state index contributed by atoms with van der Waals surface area (Å²) in [6.45, 7) is -1.31. The van der Waals surface area contributed by atoms with Crippen molar-refractivity contribution in [3.8, 4) is 6.07 Å². The number of nitrogens with zero attached hydrogens (tertiary/aromatic N) is 1. The zero-order chi connectivity index (χ0) is 23.9. The molecule has 0 aliphatic rings. The van der Waals surface area contributed by atoms with E-state index in [9.17, 15) is 35.6 Å². The summed E-state index contributed by atoms with van der Waals surface area (Å²) in [5.41, 5.74) is -2.09. The summed E-state index contributed by atoms with van der Waals surface area (Å²) in [5, 5.41) is 10.9. The number of hydrogen-bond acceptors (Lipinski definition) is 5. The van der Waals surface area contributed by atoms with E-state index in [0.717, 1.165) is 0 Å². The second kappa shape index (κ2) is 10.2. The largest absolute Gasteiger partial charge is 0.416 e. The first-order chi connectivity index (χ1) is 15.0. The number of carbonyl (C=O) groups excluding carboxylic acids is 2. The Morgan fingerprint density at radius 3 is 2.31 bits per heavy atom. The van der Waals surface area contributed by atoms with Gasteiger partial charge in [0, 0.05) is 12.1 Å². The second-order valence-corrected chi connectivity index (χ2v) is 8.73. The van der Waals surface area contributed by atoms with Crippen molar-refractivity contribution in [1.29, 1.82) is 5.26 Å². The lowest BCUT2D eigenvalue weighted by atomic mass is 10.1. The van der Waals surface area contributed by atoms with Crippen molar-refractivity contribution >= 4 is 21.7 Å². The van der Waals surface area contributed by atoms with Gasteiger partial charge in [0.15, 0.2) is 15.1 Å². The Bertz CT molecular complexity index is 1130. The number of rotatable bonds is 8. The van der Waals surface area contributed by atoms with E-state index in [1.807, 2.05) is 5.32 Å². The van der Waals surface area contributed by atoms with Crippen LogP contribution in [0.4, 0.5) is 17.6 Å². The number of nitriles is 1. The van der Waals surface area contributed by atoms with Crippen molar-refractivity contribution in [2.75, 3.05) is 13.1 Å². The van der Waals surface area contributed by atoms with Gasteiger partial charge in [-0.05, 0) is 29.8 Å². The molecular formula is C20H17F4N3O4S. The third-order valence-electron chi connectivity index (χ3n) is 4.29. The molecule has 2 rings (SSSR count). The average molecular weight is 471 g/mol. The highest BCUT2D eigenvalue weighted by Crippen LogP contribution is 2.33. The van der Waals surface area contributed by atoms with Crippen molar-refractivity contribution in [2.24, 2.45) is 0 Å². The molecule has 0 aliphatic heterocycles. The molecule has 0 bridgehead atoms. The van der Waals surface area contributed by atoms with E-state index in [2.05, 4.69) is 5.32 Å². The van der Waals surface area contributed by atoms with Gasteiger partial charge in [0.05, 0.1) is 17.4 Å². The first kappa shape index (κ1) is 24.8. The third kappa shape index (κ3) is 6.52. The van der Waals surface area contributed by atoms with Crippen molar-refractivity contribution in [3.63, 3.8) is 0 Å². The Balaban J connectivity index is 2.33. The Labute approximate surface area is 181 Å². The summed E-state index contributed by atoms with van der Waals surface area (Å²) >= 11 is 0.